The van der Waals surface area contributed by atoms with Crippen LogP contribution in [0.3, 0.4) is 0 Å². The smallest absolute Gasteiger partial charge is 0.274 e. The number of rotatable bonds is 4. The molecule has 1 aliphatic carbocycles. The Morgan fingerprint density at radius 2 is 2.20 bits per heavy atom. The molecule has 0 spiro atoms. The highest BCUT2D eigenvalue weighted by Gasteiger charge is 2.40. The van der Waals surface area contributed by atoms with Crippen molar-refractivity contribution >= 4 is 11.8 Å². The van der Waals surface area contributed by atoms with Gasteiger partial charge in [0, 0.05) is 39.0 Å². The van der Waals surface area contributed by atoms with Crippen molar-refractivity contribution < 1.29 is 19.1 Å². The van der Waals surface area contributed by atoms with E-state index in [1.807, 2.05) is 11.7 Å². The van der Waals surface area contributed by atoms with Gasteiger partial charge in [-0.15, -0.1) is 0 Å². The highest BCUT2D eigenvalue weighted by atomic mass is 16.5. The van der Waals surface area contributed by atoms with Gasteiger partial charge in [0.15, 0.2) is 5.69 Å². The molecule has 0 unspecified atom stereocenters. The van der Waals surface area contributed by atoms with Gasteiger partial charge < -0.3 is 19.7 Å². The van der Waals surface area contributed by atoms with Crippen LogP contribution in [0.4, 0.5) is 0 Å². The van der Waals surface area contributed by atoms with Gasteiger partial charge in [-0.05, 0) is 19.3 Å². The Bertz CT molecular complexity index is 672. The molecule has 1 N–H and O–H groups in total. The molecule has 1 aromatic heterocycles. The van der Waals surface area contributed by atoms with Gasteiger partial charge >= 0.3 is 0 Å². The van der Waals surface area contributed by atoms with Gasteiger partial charge in [0.2, 0.25) is 5.91 Å². The Hall–Kier alpha value is -1.93. The van der Waals surface area contributed by atoms with E-state index in [0.717, 1.165) is 30.5 Å². The molecule has 0 bridgehead atoms. The van der Waals surface area contributed by atoms with Crippen LogP contribution in [0.15, 0.2) is 0 Å². The van der Waals surface area contributed by atoms with E-state index >= 15 is 0 Å². The van der Waals surface area contributed by atoms with Crippen LogP contribution in [0.5, 0.6) is 0 Å². The summed E-state index contributed by atoms with van der Waals surface area (Å²) in [6.45, 7) is 1.46. The summed E-state index contributed by atoms with van der Waals surface area (Å²) in [4.78, 5) is 26.7. The molecule has 1 aliphatic heterocycles. The third-order valence-corrected chi connectivity index (χ3v) is 5.15. The Labute approximate surface area is 147 Å². The molecule has 1 aromatic rings. The predicted molar refractivity (Wildman–Crippen MR) is 90.4 cm³/mol. The molecule has 0 aromatic carbocycles. The van der Waals surface area contributed by atoms with Crippen molar-refractivity contribution in [3.63, 3.8) is 0 Å². The normalized spacial score (nSPS) is 23.2. The lowest BCUT2D eigenvalue weighted by Crippen LogP contribution is -2.50. The number of fused-ring (bicyclic) bond motifs is 1. The second kappa shape index (κ2) is 7.13. The van der Waals surface area contributed by atoms with Gasteiger partial charge in [0.1, 0.15) is 5.60 Å². The van der Waals surface area contributed by atoms with Gasteiger partial charge in [0.05, 0.1) is 26.2 Å². The number of nitrogens with zero attached hydrogens (tertiary/aromatic N) is 3. The highest BCUT2D eigenvalue weighted by Crippen LogP contribution is 2.27. The van der Waals surface area contributed by atoms with Gasteiger partial charge in [-0.3, -0.25) is 14.3 Å². The number of carbonyl (C=O) groups excluding carboxylic acids is 2. The average molecular weight is 350 g/mol. The molecule has 2 amide bonds. The second-order valence-corrected chi connectivity index (χ2v) is 6.77. The molecule has 8 nitrogen and oxygen atoms in total. The summed E-state index contributed by atoms with van der Waals surface area (Å²) in [5.41, 5.74) is 1.90. The van der Waals surface area contributed by atoms with E-state index in [4.69, 9.17) is 9.47 Å². The molecule has 2 aliphatic rings. The number of hydrogen-bond donors (Lipinski definition) is 1. The largest absolute Gasteiger partial charge is 0.377 e. The van der Waals surface area contributed by atoms with E-state index < -0.39 is 5.60 Å². The highest BCUT2D eigenvalue weighted by molar-refractivity contribution is 5.94. The number of nitrogens with one attached hydrogen (secondary N) is 1. The summed E-state index contributed by atoms with van der Waals surface area (Å²) in [6.07, 6.45) is 3.06. The van der Waals surface area contributed by atoms with Crippen LogP contribution < -0.4 is 5.32 Å². The minimum atomic E-state index is -0.843. The van der Waals surface area contributed by atoms with Crippen LogP contribution in [0.1, 0.15) is 34.6 Å². The fraction of sp³-hybridized carbons (Fsp3) is 0.706. The summed E-state index contributed by atoms with van der Waals surface area (Å²) in [6, 6.07) is 0. The Morgan fingerprint density at radius 3 is 2.92 bits per heavy atom. The molecule has 1 fully saturated rings. The fourth-order valence-electron chi connectivity index (χ4n) is 3.69. The molecule has 0 saturated carbocycles. The lowest BCUT2D eigenvalue weighted by atomic mass is 9.98. The number of amides is 2. The van der Waals surface area contributed by atoms with Crippen LogP contribution in [0.25, 0.3) is 0 Å². The summed E-state index contributed by atoms with van der Waals surface area (Å²) < 4.78 is 13.1. The van der Waals surface area contributed by atoms with Crippen LogP contribution in [0.2, 0.25) is 0 Å². The van der Waals surface area contributed by atoms with Crippen molar-refractivity contribution in [3.05, 3.63) is 17.0 Å². The zero-order valence-corrected chi connectivity index (χ0v) is 15.1. The first-order valence-electron chi connectivity index (χ1n) is 8.67. The monoisotopic (exact) mass is 350 g/mol. The van der Waals surface area contributed by atoms with Crippen molar-refractivity contribution in [1.29, 1.82) is 0 Å². The second-order valence-electron chi connectivity index (χ2n) is 6.77. The van der Waals surface area contributed by atoms with E-state index in [9.17, 15) is 9.59 Å². The molecule has 3 rings (SSSR count). The molecular formula is C17H26N4O4. The molecule has 2 heterocycles. The van der Waals surface area contributed by atoms with Crippen LogP contribution in [-0.2, 0) is 34.2 Å². The van der Waals surface area contributed by atoms with Crippen LogP contribution in [-0.4, -0.2) is 72.6 Å². The van der Waals surface area contributed by atoms with Crippen molar-refractivity contribution in [2.75, 3.05) is 40.5 Å². The predicted octanol–water partition coefficient (Wildman–Crippen LogP) is -0.0975. The minimum absolute atomic E-state index is 0.109. The first-order valence-corrected chi connectivity index (χ1v) is 8.67. The molecule has 25 heavy (non-hydrogen) atoms. The molecule has 1 saturated heterocycles. The third-order valence-electron chi connectivity index (χ3n) is 5.15. The van der Waals surface area contributed by atoms with Crippen molar-refractivity contribution in [3.8, 4) is 0 Å². The zero-order chi connectivity index (χ0) is 18.0. The topological polar surface area (TPSA) is 85.7 Å². The Kier molecular flexibility index (Phi) is 5.10. The summed E-state index contributed by atoms with van der Waals surface area (Å²) in [7, 11) is 5.03. The average Bonchev–Trinajstić information content (AvgIpc) is 3.14. The molecular weight excluding hydrogens is 324 g/mol. The zero-order valence-electron chi connectivity index (χ0n) is 15.1. The summed E-state index contributed by atoms with van der Waals surface area (Å²) in [5, 5.41) is 7.06. The first kappa shape index (κ1) is 17.9. The van der Waals surface area contributed by atoms with Crippen LogP contribution in [0, 0.1) is 0 Å². The van der Waals surface area contributed by atoms with Gasteiger partial charge in [0.25, 0.3) is 5.91 Å². The molecule has 1 atom stereocenters. The molecule has 0 radical (unpaired) electrons. The van der Waals surface area contributed by atoms with E-state index in [1.165, 1.54) is 0 Å². The van der Waals surface area contributed by atoms with E-state index in [2.05, 4.69) is 10.4 Å². The first-order chi connectivity index (χ1) is 12.0. The lowest BCUT2D eigenvalue weighted by molar-refractivity contribution is -0.131. The number of aromatic nitrogens is 2. The summed E-state index contributed by atoms with van der Waals surface area (Å²) in [5.74, 6) is -0.249. The number of aryl methyl sites for hydroxylation is 1. The Morgan fingerprint density at radius 1 is 1.40 bits per heavy atom. The Balaban J connectivity index is 1.84. The van der Waals surface area contributed by atoms with E-state index in [0.29, 0.717) is 25.4 Å². The fourth-order valence-corrected chi connectivity index (χ4v) is 3.69. The van der Waals surface area contributed by atoms with Gasteiger partial charge in [-0.25, -0.2) is 0 Å². The maximum atomic E-state index is 13.1. The molecule has 138 valence electrons. The van der Waals surface area contributed by atoms with E-state index in [1.54, 1.807) is 19.1 Å². The maximum absolute atomic E-state index is 13.1. The third kappa shape index (κ3) is 3.41. The SMILES string of the molecule is CNC(=O)C[C@]1(OC)COCCN(C(=O)c2nn(C)c3c2CCC3)C1. The van der Waals surface area contributed by atoms with Crippen LogP contribution >= 0.6 is 0 Å². The number of methoxy groups -OCH3 is 1. The number of ether oxygens (including phenoxy) is 2. The maximum Gasteiger partial charge on any atom is 0.274 e. The quantitative estimate of drug-likeness (QED) is 0.820. The minimum Gasteiger partial charge on any atom is -0.377 e. The lowest BCUT2D eigenvalue weighted by Gasteiger charge is -2.33. The van der Waals surface area contributed by atoms with Gasteiger partial charge in [-0.1, -0.05) is 0 Å². The number of carbonyl (C=O) groups is 2. The standard InChI is InChI=1S/C17H26N4O4/c1-18-14(22)9-17(24-3)10-21(7-8-25-11-17)16(23)15-12-5-4-6-13(12)20(2)19-15/h4-11H2,1-3H3,(H,18,22)/t17-/m1/s1. The summed E-state index contributed by atoms with van der Waals surface area (Å²) >= 11 is 0. The molecule has 8 heteroatoms. The van der Waals surface area contributed by atoms with Crippen molar-refractivity contribution in [1.82, 2.24) is 20.0 Å². The van der Waals surface area contributed by atoms with E-state index in [-0.39, 0.29) is 24.8 Å². The number of hydrogen-bond acceptors (Lipinski definition) is 5. The van der Waals surface area contributed by atoms with Gasteiger partial charge in [-0.2, -0.15) is 5.10 Å². The van der Waals surface area contributed by atoms with Crippen molar-refractivity contribution in [2.24, 2.45) is 7.05 Å². The van der Waals surface area contributed by atoms with Crippen molar-refractivity contribution in [2.45, 2.75) is 31.3 Å².